The molecule has 0 fully saturated rings. The van der Waals surface area contributed by atoms with Crippen LogP contribution < -0.4 is 0 Å². The van der Waals surface area contributed by atoms with Crippen LogP contribution in [-0.4, -0.2) is 23.9 Å². The molecule has 0 saturated carbocycles. The van der Waals surface area contributed by atoms with E-state index in [1.54, 1.807) is 0 Å². The number of amides is 1. The second kappa shape index (κ2) is 7.11. The summed E-state index contributed by atoms with van der Waals surface area (Å²) in [5.74, 6) is 0.0397. The van der Waals surface area contributed by atoms with Gasteiger partial charge in [-0.2, -0.15) is 5.26 Å². The standard InChI is InChI=1S/C18H30N2O/c1-6-10-18(14-19,11-7-2)16(21)20-12-8-15(9-13-20)17(3,4)5/h8H,6-7,9-13H2,1-5H3. The van der Waals surface area contributed by atoms with Crippen molar-refractivity contribution in [3.05, 3.63) is 11.6 Å². The first-order valence-corrected chi connectivity index (χ1v) is 8.21. The monoisotopic (exact) mass is 290 g/mol. The van der Waals surface area contributed by atoms with Crippen LogP contribution in [0.25, 0.3) is 0 Å². The van der Waals surface area contributed by atoms with Crippen molar-refractivity contribution in [3.63, 3.8) is 0 Å². The number of carbonyl (C=O) groups is 1. The zero-order valence-corrected chi connectivity index (χ0v) is 14.3. The van der Waals surface area contributed by atoms with Gasteiger partial charge in [0, 0.05) is 13.1 Å². The largest absolute Gasteiger partial charge is 0.337 e. The average molecular weight is 290 g/mol. The third kappa shape index (κ3) is 4.09. The quantitative estimate of drug-likeness (QED) is 0.708. The van der Waals surface area contributed by atoms with Gasteiger partial charge in [0.1, 0.15) is 5.41 Å². The number of hydrogen-bond donors (Lipinski definition) is 0. The molecule has 0 saturated heterocycles. The first-order chi connectivity index (χ1) is 9.80. The van der Waals surface area contributed by atoms with Gasteiger partial charge in [-0.05, 0) is 24.7 Å². The molecule has 1 aliphatic heterocycles. The SMILES string of the molecule is CCCC(C#N)(CCC)C(=O)N1CC=C(C(C)(C)C)CC1. The van der Waals surface area contributed by atoms with E-state index in [1.165, 1.54) is 5.57 Å². The Labute approximate surface area is 130 Å². The van der Waals surface area contributed by atoms with Crippen LogP contribution in [0, 0.1) is 22.2 Å². The van der Waals surface area contributed by atoms with Crippen LogP contribution in [-0.2, 0) is 4.79 Å². The van der Waals surface area contributed by atoms with Crippen molar-refractivity contribution in [1.29, 1.82) is 5.26 Å². The van der Waals surface area contributed by atoms with Gasteiger partial charge < -0.3 is 4.90 Å². The molecule has 1 rings (SSSR count). The van der Waals surface area contributed by atoms with E-state index < -0.39 is 5.41 Å². The minimum Gasteiger partial charge on any atom is -0.337 e. The van der Waals surface area contributed by atoms with Crippen LogP contribution in [0.15, 0.2) is 11.6 Å². The van der Waals surface area contributed by atoms with Gasteiger partial charge in [-0.25, -0.2) is 0 Å². The van der Waals surface area contributed by atoms with Crippen molar-refractivity contribution in [3.8, 4) is 6.07 Å². The Bertz CT molecular complexity index is 431. The first kappa shape index (κ1) is 17.8. The van der Waals surface area contributed by atoms with Crippen molar-refractivity contribution in [2.24, 2.45) is 10.8 Å². The summed E-state index contributed by atoms with van der Waals surface area (Å²) in [6.45, 7) is 12.1. The summed E-state index contributed by atoms with van der Waals surface area (Å²) in [6.07, 6.45) is 6.19. The highest BCUT2D eigenvalue weighted by Crippen LogP contribution is 2.35. The van der Waals surface area contributed by atoms with Crippen molar-refractivity contribution in [2.45, 2.75) is 66.7 Å². The van der Waals surface area contributed by atoms with E-state index in [0.29, 0.717) is 19.4 Å². The van der Waals surface area contributed by atoms with Crippen LogP contribution in [0.5, 0.6) is 0 Å². The molecule has 21 heavy (non-hydrogen) atoms. The lowest BCUT2D eigenvalue weighted by atomic mass is 9.78. The number of rotatable bonds is 5. The smallest absolute Gasteiger partial charge is 0.243 e. The predicted octanol–water partition coefficient (Wildman–Crippen LogP) is 4.30. The Kier molecular flexibility index (Phi) is 6.01. The average Bonchev–Trinajstić information content (AvgIpc) is 2.45. The Morgan fingerprint density at radius 3 is 2.19 bits per heavy atom. The molecule has 0 aromatic heterocycles. The molecule has 0 radical (unpaired) electrons. The molecule has 0 bridgehead atoms. The van der Waals surface area contributed by atoms with Gasteiger partial charge in [-0.3, -0.25) is 4.79 Å². The molecule has 3 heteroatoms. The number of carbonyl (C=O) groups excluding carboxylic acids is 1. The Hall–Kier alpha value is -1.30. The molecule has 0 spiro atoms. The molecular weight excluding hydrogens is 260 g/mol. The maximum absolute atomic E-state index is 12.9. The van der Waals surface area contributed by atoms with Gasteiger partial charge in [0.15, 0.2) is 0 Å². The number of nitriles is 1. The summed E-state index contributed by atoms with van der Waals surface area (Å²) in [7, 11) is 0. The highest BCUT2D eigenvalue weighted by Gasteiger charge is 2.40. The van der Waals surface area contributed by atoms with Crippen molar-refractivity contribution < 1.29 is 4.79 Å². The van der Waals surface area contributed by atoms with E-state index >= 15 is 0 Å². The minimum atomic E-state index is -0.809. The van der Waals surface area contributed by atoms with E-state index in [4.69, 9.17) is 0 Å². The molecule has 3 nitrogen and oxygen atoms in total. The molecule has 0 aromatic rings. The van der Waals surface area contributed by atoms with E-state index in [9.17, 15) is 10.1 Å². The van der Waals surface area contributed by atoms with E-state index in [0.717, 1.165) is 25.8 Å². The molecule has 0 unspecified atom stereocenters. The lowest BCUT2D eigenvalue weighted by Crippen LogP contribution is -2.45. The second-order valence-corrected chi connectivity index (χ2v) is 7.17. The number of nitrogens with zero attached hydrogens (tertiary/aromatic N) is 2. The van der Waals surface area contributed by atoms with Crippen molar-refractivity contribution >= 4 is 5.91 Å². The van der Waals surface area contributed by atoms with Gasteiger partial charge in [0.2, 0.25) is 5.91 Å². The molecule has 0 atom stereocenters. The molecule has 0 aliphatic carbocycles. The summed E-state index contributed by atoms with van der Waals surface area (Å²) < 4.78 is 0. The van der Waals surface area contributed by atoms with Crippen molar-refractivity contribution in [2.75, 3.05) is 13.1 Å². The Balaban J connectivity index is 2.89. The maximum Gasteiger partial charge on any atom is 0.243 e. The molecule has 1 amide bonds. The fourth-order valence-electron chi connectivity index (χ4n) is 3.19. The highest BCUT2D eigenvalue weighted by atomic mass is 16.2. The number of hydrogen-bond acceptors (Lipinski definition) is 2. The zero-order valence-electron chi connectivity index (χ0n) is 14.3. The van der Waals surface area contributed by atoms with Crippen LogP contribution in [0.3, 0.4) is 0 Å². The molecule has 118 valence electrons. The summed E-state index contributed by atoms with van der Waals surface area (Å²) in [4.78, 5) is 14.7. The minimum absolute atomic E-state index is 0.0397. The fourth-order valence-corrected chi connectivity index (χ4v) is 3.19. The topological polar surface area (TPSA) is 44.1 Å². The maximum atomic E-state index is 12.9. The summed E-state index contributed by atoms with van der Waals surface area (Å²) in [6, 6.07) is 2.34. The normalized spacial score (nSPS) is 16.4. The van der Waals surface area contributed by atoms with Crippen LogP contribution in [0.4, 0.5) is 0 Å². The van der Waals surface area contributed by atoms with Crippen molar-refractivity contribution in [1.82, 2.24) is 4.90 Å². The van der Waals surface area contributed by atoms with Gasteiger partial charge in [-0.15, -0.1) is 0 Å². The van der Waals surface area contributed by atoms with Gasteiger partial charge in [-0.1, -0.05) is 59.1 Å². The van der Waals surface area contributed by atoms with E-state index in [2.05, 4.69) is 32.9 Å². The van der Waals surface area contributed by atoms with Crippen LogP contribution in [0.2, 0.25) is 0 Å². The second-order valence-electron chi connectivity index (χ2n) is 7.17. The van der Waals surface area contributed by atoms with E-state index in [1.807, 2.05) is 18.7 Å². The molecular formula is C18H30N2O. The van der Waals surface area contributed by atoms with Gasteiger partial charge >= 0.3 is 0 Å². The summed E-state index contributed by atoms with van der Waals surface area (Å²) in [5.41, 5.74) is 0.783. The van der Waals surface area contributed by atoms with Gasteiger partial charge in [0.05, 0.1) is 6.07 Å². The zero-order chi connectivity index (χ0) is 16.1. The summed E-state index contributed by atoms with van der Waals surface area (Å²) >= 11 is 0. The van der Waals surface area contributed by atoms with Crippen LogP contribution in [0.1, 0.15) is 66.7 Å². The highest BCUT2D eigenvalue weighted by molar-refractivity contribution is 5.85. The molecule has 1 heterocycles. The first-order valence-electron chi connectivity index (χ1n) is 8.21. The van der Waals surface area contributed by atoms with Gasteiger partial charge in [0.25, 0.3) is 0 Å². The predicted molar refractivity (Wildman–Crippen MR) is 86.6 cm³/mol. The fraction of sp³-hybridized carbons (Fsp3) is 0.778. The molecule has 1 aliphatic rings. The Morgan fingerprint density at radius 2 is 1.86 bits per heavy atom. The Morgan fingerprint density at radius 1 is 1.29 bits per heavy atom. The van der Waals surface area contributed by atoms with Crippen LogP contribution >= 0.6 is 0 Å². The molecule has 0 aromatic carbocycles. The summed E-state index contributed by atoms with van der Waals surface area (Å²) in [5, 5.41) is 9.61. The lowest BCUT2D eigenvalue weighted by molar-refractivity contribution is -0.139. The third-order valence-electron chi connectivity index (χ3n) is 4.44. The molecule has 0 N–H and O–H groups in total. The van der Waals surface area contributed by atoms with E-state index in [-0.39, 0.29) is 11.3 Å². The third-order valence-corrected chi connectivity index (χ3v) is 4.44. The lowest BCUT2D eigenvalue weighted by Gasteiger charge is -2.36.